The van der Waals surface area contributed by atoms with Gasteiger partial charge in [-0.15, -0.1) is 5.10 Å². The van der Waals surface area contributed by atoms with Crippen LogP contribution in [-0.2, 0) is 6.42 Å². The summed E-state index contributed by atoms with van der Waals surface area (Å²) in [6.45, 7) is 5.99. The zero-order chi connectivity index (χ0) is 20.6. The Bertz CT molecular complexity index is 984. The Morgan fingerprint density at radius 2 is 1.82 bits per heavy atom. The van der Waals surface area contributed by atoms with Crippen molar-refractivity contribution >= 4 is 46.5 Å². The molecule has 1 aromatic carbocycles. The minimum Gasteiger partial charge on any atom is -0.455 e. The molecule has 0 saturated carbocycles. The number of carbonyl (C=O) groups is 1. The Hall–Kier alpha value is -2.51. The van der Waals surface area contributed by atoms with Crippen molar-refractivity contribution < 1.29 is 9.21 Å². The average Bonchev–Trinajstić information content (AvgIpc) is 2.87. The number of benzene rings is 1. The summed E-state index contributed by atoms with van der Waals surface area (Å²) in [5, 5.41) is 11.6. The number of furan rings is 1. The Balaban J connectivity index is 2.00. The van der Waals surface area contributed by atoms with Crippen molar-refractivity contribution in [3.63, 3.8) is 0 Å². The molecule has 1 aromatic heterocycles. The first-order valence-corrected chi connectivity index (χ1v) is 9.37. The predicted octanol–water partition coefficient (Wildman–Crippen LogP) is 4.10. The maximum absolute atomic E-state index is 12.8. The molecule has 1 heterocycles. The second-order valence-electron chi connectivity index (χ2n) is 7.56. The Labute approximate surface area is 172 Å². The number of carbonyl (C=O) groups excluding carboxylic acids is 1. The molecule has 3 rings (SSSR count). The normalized spacial score (nSPS) is 16.5. The average molecular weight is 422 g/mol. The zero-order valence-corrected chi connectivity index (χ0v) is 17.3. The van der Waals surface area contributed by atoms with Gasteiger partial charge in [-0.2, -0.15) is 5.10 Å². The van der Waals surface area contributed by atoms with Gasteiger partial charge in [0.25, 0.3) is 5.91 Å². The van der Waals surface area contributed by atoms with Gasteiger partial charge in [-0.05, 0) is 37.0 Å². The number of nitrogens with one attached hydrogen (secondary N) is 1. The molecule has 28 heavy (non-hydrogen) atoms. The van der Waals surface area contributed by atoms with Crippen LogP contribution in [0.25, 0.3) is 0 Å². The van der Waals surface area contributed by atoms with Crippen molar-refractivity contribution in [2.75, 3.05) is 5.32 Å². The molecule has 9 heteroatoms. The number of halogens is 2. The van der Waals surface area contributed by atoms with Crippen LogP contribution in [-0.4, -0.2) is 17.6 Å². The van der Waals surface area contributed by atoms with E-state index in [9.17, 15) is 4.79 Å². The second kappa shape index (κ2) is 7.48. The van der Waals surface area contributed by atoms with Gasteiger partial charge >= 0.3 is 0 Å². The third-order valence-corrected chi connectivity index (χ3v) is 4.84. The maximum atomic E-state index is 12.8. The van der Waals surface area contributed by atoms with Gasteiger partial charge in [0.05, 0.1) is 5.71 Å². The van der Waals surface area contributed by atoms with Crippen molar-refractivity contribution in [3.8, 4) is 0 Å². The van der Waals surface area contributed by atoms with Gasteiger partial charge in [0.2, 0.25) is 5.96 Å². The number of anilines is 1. The van der Waals surface area contributed by atoms with E-state index in [-0.39, 0.29) is 17.1 Å². The molecule has 0 aliphatic heterocycles. The molecular weight excluding hydrogens is 401 g/mol. The molecule has 0 radical (unpaired) electrons. The highest BCUT2D eigenvalue weighted by Crippen LogP contribution is 2.39. The summed E-state index contributed by atoms with van der Waals surface area (Å²) < 4.78 is 5.93. The van der Waals surface area contributed by atoms with Crippen molar-refractivity contribution in [3.05, 3.63) is 50.9 Å². The van der Waals surface area contributed by atoms with E-state index in [1.807, 2.05) is 6.92 Å². The fourth-order valence-electron chi connectivity index (χ4n) is 3.35. The lowest BCUT2D eigenvalue weighted by molar-refractivity contribution is 0.0993. The SMILES string of the molecule is Cc1c(C(=O)Nc2cc(Cl)cc(Cl)c2)oc2c1/C(=N\N=C(N)N)CC(C)(C)C2. The van der Waals surface area contributed by atoms with Crippen molar-refractivity contribution in [1.29, 1.82) is 0 Å². The Kier molecular flexibility index (Phi) is 5.41. The van der Waals surface area contributed by atoms with Crippen LogP contribution in [0.1, 0.15) is 47.7 Å². The van der Waals surface area contributed by atoms with Crippen LogP contribution in [0.2, 0.25) is 10.0 Å². The molecule has 7 nitrogen and oxygen atoms in total. The van der Waals surface area contributed by atoms with Gasteiger partial charge in [0, 0.05) is 33.3 Å². The predicted molar refractivity (Wildman–Crippen MR) is 112 cm³/mol. The number of fused-ring (bicyclic) bond motifs is 1. The molecule has 0 fully saturated rings. The molecule has 0 unspecified atom stereocenters. The van der Waals surface area contributed by atoms with Gasteiger partial charge in [-0.1, -0.05) is 37.0 Å². The number of nitrogens with two attached hydrogens (primary N) is 2. The van der Waals surface area contributed by atoms with Gasteiger partial charge in [0.1, 0.15) is 5.76 Å². The molecule has 0 atom stereocenters. The van der Waals surface area contributed by atoms with E-state index in [0.29, 0.717) is 45.6 Å². The molecule has 1 amide bonds. The Morgan fingerprint density at radius 3 is 2.43 bits per heavy atom. The summed E-state index contributed by atoms with van der Waals surface area (Å²) in [4.78, 5) is 12.8. The van der Waals surface area contributed by atoms with E-state index in [0.717, 1.165) is 5.56 Å². The van der Waals surface area contributed by atoms with Crippen molar-refractivity contribution in [2.24, 2.45) is 27.1 Å². The zero-order valence-electron chi connectivity index (χ0n) is 15.8. The first kappa shape index (κ1) is 20.2. The molecule has 1 aliphatic rings. The first-order chi connectivity index (χ1) is 13.1. The highest BCUT2D eigenvalue weighted by Gasteiger charge is 2.36. The first-order valence-electron chi connectivity index (χ1n) is 8.61. The molecule has 0 spiro atoms. The van der Waals surface area contributed by atoms with Crippen LogP contribution in [0.15, 0.2) is 32.8 Å². The molecule has 1 aliphatic carbocycles. The standard InChI is InChI=1S/C19H21Cl2N5O2/c1-9-15-13(25-26-18(22)23)7-19(2,3)8-14(15)28-16(9)17(27)24-12-5-10(20)4-11(21)6-12/h4-6H,7-8H2,1-3H3,(H,24,27)(H4,22,23,26)/b25-13-. The van der Waals surface area contributed by atoms with Crippen LogP contribution < -0.4 is 16.8 Å². The summed E-state index contributed by atoms with van der Waals surface area (Å²) in [6, 6.07) is 4.81. The number of hydrogen-bond donors (Lipinski definition) is 3. The van der Waals surface area contributed by atoms with Crippen molar-refractivity contribution in [2.45, 2.75) is 33.6 Å². The monoisotopic (exact) mass is 421 g/mol. The lowest BCUT2D eigenvalue weighted by atomic mass is 9.75. The van der Waals surface area contributed by atoms with Crippen LogP contribution in [0.3, 0.4) is 0 Å². The lowest BCUT2D eigenvalue weighted by Gasteiger charge is -2.29. The topological polar surface area (TPSA) is 119 Å². The van der Waals surface area contributed by atoms with Crippen molar-refractivity contribution in [1.82, 2.24) is 0 Å². The van der Waals surface area contributed by atoms with E-state index < -0.39 is 5.91 Å². The second-order valence-corrected chi connectivity index (χ2v) is 8.43. The van der Waals surface area contributed by atoms with Gasteiger partial charge in [-0.25, -0.2) is 0 Å². The third kappa shape index (κ3) is 4.31. The van der Waals surface area contributed by atoms with Gasteiger partial charge < -0.3 is 21.2 Å². The summed E-state index contributed by atoms with van der Waals surface area (Å²) in [7, 11) is 0. The molecule has 0 saturated heterocycles. The number of nitrogens with zero attached hydrogens (tertiary/aromatic N) is 2. The largest absolute Gasteiger partial charge is 0.455 e. The minimum absolute atomic E-state index is 0.108. The van der Waals surface area contributed by atoms with Crippen LogP contribution in [0, 0.1) is 12.3 Å². The highest BCUT2D eigenvalue weighted by atomic mass is 35.5. The van der Waals surface area contributed by atoms with E-state index in [1.165, 1.54) is 0 Å². The van der Waals surface area contributed by atoms with E-state index in [1.54, 1.807) is 18.2 Å². The molecular formula is C19H21Cl2N5O2. The molecule has 2 aromatic rings. The number of rotatable bonds is 3. The molecule has 5 N–H and O–H groups in total. The van der Waals surface area contributed by atoms with E-state index in [2.05, 4.69) is 29.4 Å². The summed E-state index contributed by atoms with van der Waals surface area (Å²) >= 11 is 12.0. The van der Waals surface area contributed by atoms with E-state index >= 15 is 0 Å². The van der Waals surface area contributed by atoms with Crippen LogP contribution in [0.5, 0.6) is 0 Å². The van der Waals surface area contributed by atoms with Crippen LogP contribution in [0.4, 0.5) is 5.69 Å². The summed E-state index contributed by atoms with van der Waals surface area (Å²) in [5.41, 5.74) is 13.3. The van der Waals surface area contributed by atoms with Gasteiger partial charge in [0.15, 0.2) is 5.76 Å². The number of hydrogen-bond acceptors (Lipinski definition) is 4. The highest BCUT2D eigenvalue weighted by molar-refractivity contribution is 6.35. The molecule has 148 valence electrons. The molecule has 0 bridgehead atoms. The Morgan fingerprint density at radius 1 is 1.18 bits per heavy atom. The van der Waals surface area contributed by atoms with Gasteiger partial charge in [-0.3, -0.25) is 4.79 Å². The van der Waals surface area contributed by atoms with E-state index in [4.69, 9.17) is 39.1 Å². The fraction of sp³-hybridized carbons (Fsp3) is 0.316. The maximum Gasteiger partial charge on any atom is 0.291 e. The smallest absolute Gasteiger partial charge is 0.291 e. The number of guanidine groups is 1. The van der Waals surface area contributed by atoms with Crippen LogP contribution >= 0.6 is 23.2 Å². The fourth-order valence-corrected chi connectivity index (χ4v) is 3.87. The lowest BCUT2D eigenvalue weighted by Crippen LogP contribution is -2.27. The number of amides is 1. The third-order valence-electron chi connectivity index (χ3n) is 4.41. The quantitative estimate of drug-likeness (QED) is 0.392. The summed E-state index contributed by atoms with van der Waals surface area (Å²) in [5.74, 6) is 0.363. The summed E-state index contributed by atoms with van der Waals surface area (Å²) in [6.07, 6.45) is 1.32. The minimum atomic E-state index is -0.399.